The van der Waals surface area contributed by atoms with Crippen molar-refractivity contribution in [3.63, 3.8) is 0 Å². The lowest BCUT2D eigenvalue weighted by Gasteiger charge is -2.06. The first-order chi connectivity index (χ1) is 10.2. The van der Waals surface area contributed by atoms with Gasteiger partial charge in [0.25, 0.3) is 0 Å². The maximum absolute atomic E-state index is 11.0. The molecular formula is C15H9N3O3. The molecule has 0 bridgehead atoms. The summed E-state index contributed by atoms with van der Waals surface area (Å²) >= 11 is 0. The number of nitriles is 1. The van der Waals surface area contributed by atoms with E-state index in [1.807, 2.05) is 6.07 Å². The number of benzene rings is 1. The van der Waals surface area contributed by atoms with Gasteiger partial charge in [0.05, 0.1) is 5.52 Å². The molecule has 3 rings (SSSR count). The third-order valence-electron chi connectivity index (χ3n) is 2.95. The molecule has 0 saturated carbocycles. The average Bonchev–Trinajstić information content (AvgIpc) is 2.90. The molecule has 21 heavy (non-hydrogen) atoms. The smallest absolute Gasteiger partial charge is 0.415 e. The standard InChI is InChI=1S/C15H9N3O3/c16-9-11-8-13(3-5-17-11)21-12-1-2-14-10(7-12)4-6-18(14)15(19)20/h1-8H,(H,19,20). The quantitative estimate of drug-likeness (QED) is 0.778. The van der Waals surface area contributed by atoms with Gasteiger partial charge in [-0.3, -0.25) is 4.57 Å². The van der Waals surface area contributed by atoms with Crippen molar-refractivity contribution in [3.8, 4) is 17.6 Å². The highest BCUT2D eigenvalue weighted by Gasteiger charge is 2.08. The Kier molecular flexibility index (Phi) is 3.01. The van der Waals surface area contributed by atoms with E-state index in [0.717, 1.165) is 9.95 Å². The fourth-order valence-corrected chi connectivity index (χ4v) is 2.02. The van der Waals surface area contributed by atoms with Gasteiger partial charge in [-0.1, -0.05) is 0 Å². The Morgan fingerprint density at radius 3 is 2.81 bits per heavy atom. The maximum atomic E-state index is 11.0. The van der Waals surface area contributed by atoms with Crippen LogP contribution in [-0.4, -0.2) is 20.8 Å². The molecule has 0 unspecified atom stereocenters. The minimum Gasteiger partial charge on any atom is -0.464 e. The van der Waals surface area contributed by atoms with Gasteiger partial charge in [0.1, 0.15) is 23.3 Å². The molecule has 3 aromatic rings. The molecule has 2 aromatic heterocycles. The molecule has 0 radical (unpaired) electrons. The lowest BCUT2D eigenvalue weighted by Crippen LogP contribution is -2.05. The van der Waals surface area contributed by atoms with Gasteiger partial charge in [-0.25, -0.2) is 9.78 Å². The van der Waals surface area contributed by atoms with Crippen LogP contribution in [0.3, 0.4) is 0 Å². The SMILES string of the molecule is N#Cc1cc(Oc2ccc3c(ccn3C(=O)O)c2)ccn1. The highest BCUT2D eigenvalue weighted by atomic mass is 16.5. The van der Waals surface area contributed by atoms with Crippen LogP contribution in [0, 0.1) is 11.3 Å². The van der Waals surface area contributed by atoms with Crippen LogP contribution in [-0.2, 0) is 0 Å². The summed E-state index contributed by atoms with van der Waals surface area (Å²) < 4.78 is 6.79. The first-order valence-corrected chi connectivity index (χ1v) is 6.06. The van der Waals surface area contributed by atoms with Crippen molar-refractivity contribution in [2.24, 2.45) is 0 Å². The molecule has 0 spiro atoms. The summed E-state index contributed by atoms with van der Waals surface area (Å²) in [4.78, 5) is 14.9. The van der Waals surface area contributed by atoms with Gasteiger partial charge < -0.3 is 9.84 Å². The van der Waals surface area contributed by atoms with Crippen LogP contribution in [0.2, 0.25) is 0 Å². The molecule has 0 aliphatic rings. The number of nitrogens with zero attached hydrogens (tertiary/aromatic N) is 3. The molecule has 6 heteroatoms. The molecule has 0 aliphatic heterocycles. The maximum Gasteiger partial charge on any atom is 0.415 e. The third-order valence-corrected chi connectivity index (χ3v) is 2.95. The zero-order chi connectivity index (χ0) is 14.8. The molecule has 0 fully saturated rings. The molecule has 0 aliphatic carbocycles. The Morgan fingerprint density at radius 1 is 1.24 bits per heavy atom. The normalized spacial score (nSPS) is 10.2. The van der Waals surface area contributed by atoms with Crippen LogP contribution in [0.1, 0.15) is 5.69 Å². The van der Waals surface area contributed by atoms with E-state index in [4.69, 9.17) is 15.1 Å². The molecule has 0 amide bonds. The lowest BCUT2D eigenvalue weighted by atomic mass is 10.2. The Bertz CT molecular complexity index is 877. The lowest BCUT2D eigenvalue weighted by molar-refractivity contribution is 0.197. The van der Waals surface area contributed by atoms with E-state index in [1.165, 1.54) is 18.5 Å². The van der Waals surface area contributed by atoms with E-state index in [2.05, 4.69) is 4.98 Å². The summed E-state index contributed by atoms with van der Waals surface area (Å²) in [6.45, 7) is 0. The summed E-state index contributed by atoms with van der Waals surface area (Å²) in [7, 11) is 0. The fourth-order valence-electron chi connectivity index (χ4n) is 2.02. The van der Waals surface area contributed by atoms with Crippen LogP contribution in [0.25, 0.3) is 10.9 Å². The number of carbonyl (C=O) groups is 1. The summed E-state index contributed by atoms with van der Waals surface area (Å²) in [6, 6.07) is 11.9. The Hall–Kier alpha value is -3.33. The van der Waals surface area contributed by atoms with E-state index >= 15 is 0 Å². The van der Waals surface area contributed by atoms with Gasteiger partial charge in [0, 0.05) is 23.8 Å². The predicted octanol–water partition coefficient (Wildman–Crippen LogP) is 3.23. The van der Waals surface area contributed by atoms with Crippen molar-refractivity contribution in [3.05, 3.63) is 54.5 Å². The zero-order valence-corrected chi connectivity index (χ0v) is 10.7. The van der Waals surface area contributed by atoms with Gasteiger partial charge in [0.15, 0.2) is 0 Å². The van der Waals surface area contributed by atoms with Crippen LogP contribution in [0.5, 0.6) is 11.5 Å². The van der Waals surface area contributed by atoms with E-state index in [-0.39, 0.29) is 5.69 Å². The van der Waals surface area contributed by atoms with Crippen molar-refractivity contribution in [1.29, 1.82) is 5.26 Å². The largest absolute Gasteiger partial charge is 0.464 e. The molecule has 6 nitrogen and oxygen atoms in total. The van der Waals surface area contributed by atoms with Crippen LogP contribution in [0.4, 0.5) is 4.79 Å². The number of aromatic nitrogens is 2. The molecule has 0 saturated heterocycles. The van der Waals surface area contributed by atoms with Crippen LogP contribution < -0.4 is 4.74 Å². The number of rotatable bonds is 2. The monoisotopic (exact) mass is 279 g/mol. The molecule has 1 aromatic carbocycles. The van der Waals surface area contributed by atoms with Gasteiger partial charge >= 0.3 is 6.09 Å². The van der Waals surface area contributed by atoms with Crippen molar-refractivity contribution >= 4 is 17.0 Å². The fraction of sp³-hybridized carbons (Fsp3) is 0. The first-order valence-electron chi connectivity index (χ1n) is 6.06. The van der Waals surface area contributed by atoms with Crippen molar-refractivity contribution < 1.29 is 14.6 Å². The first kappa shape index (κ1) is 12.7. The molecule has 1 N–H and O–H groups in total. The van der Waals surface area contributed by atoms with E-state index in [9.17, 15) is 4.79 Å². The highest BCUT2D eigenvalue weighted by molar-refractivity contribution is 5.89. The van der Waals surface area contributed by atoms with Crippen LogP contribution >= 0.6 is 0 Å². The van der Waals surface area contributed by atoms with Crippen molar-refractivity contribution in [1.82, 2.24) is 9.55 Å². The topological polar surface area (TPSA) is 88.1 Å². The number of fused-ring (bicyclic) bond motifs is 1. The number of hydrogen-bond acceptors (Lipinski definition) is 4. The molecular weight excluding hydrogens is 270 g/mol. The van der Waals surface area contributed by atoms with Gasteiger partial charge in [-0.2, -0.15) is 5.26 Å². The highest BCUT2D eigenvalue weighted by Crippen LogP contribution is 2.26. The predicted molar refractivity (Wildman–Crippen MR) is 74.4 cm³/mol. The minimum absolute atomic E-state index is 0.269. The number of hydrogen-bond donors (Lipinski definition) is 1. The molecule has 2 heterocycles. The van der Waals surface area contributed by atoms with Gasteiger partial charge in [-0.05, 0) is 30.3 Å². The average molecular weight is 279 g/mol. The van der Waals surface area contributed by atoms with Gasteiger partial charge in [0.2, 0.25) is 0 Å². The summed E-state index contributed by atoms with van der Waals surface area (Å²) in [6.07, 6.45) is 1.94. The minimum atomic E-state index is -1.04. The van der Waals surface area contributed by atoms with Gasteiger partial charge in [-0.15, -0.1) is 0 Å². The number of ether oxygens (including phenoxy) is 1. The second-order valence-electron chi connectivity index (χ2n) is 4.28. The second kappa shape index (κ2) is 4.98. The number of pyridine rings is 1. The van der Waals surface area contributed by atoms with E-state index in [1.54, 1.807) is 30.3 Å². The third kappa shape index (κ3) is 2.40. The Morgan fingerprint density at radius 2 is 2.05 bits per heavy atom. The zero-order valence-electron chi connectivity index (χ0n) is 10.7. The summed E-state index contributed by atoms with van der Waals surface area (Å²) in [5.41, 5.74) is 0.855. The summed E-state index contributed by atoms with van der Waals surface area (Å²) in [5, 5.41) is 18.6. The van der Waals surface area contributed by atoms with E-state index in [0.29, 0.717) is 17.0 Å². The Labute approximate surface area is 119 Å². The van der Waals surface area contributed by atoms with Crippen molar-refractivity contribution in [2.75, 3.05) is 0 Å². The second-order valence-corrected chi connectivity index (χ2v) is 4.28. The molecule has 0 atom stereocenters. The summed E-state index contributed by atoms with van der Waals surface area (Å²) in [5.74, 6) is 1.05. The van der Waals surface area contributed by atoms with Crippen LogP contribution in [0.15, 0.2) is 48.8 Å². The van der Waals surface area contributed by atoms with Crippen molar-refractivity contribution in [2.45, 2.75) is 0 Å². The number of carboxylic acid groups (broad SMARTS) is 1. The Balaban J connectivity index is 1.95. The van der Waals surface area contributed by atoms with E-state index < -0.39 is 6.09 Å². The molecule has 102 valence electrons.